The highest BCUT2D eigenvalue weighted by Crippen LogP contribution is 2.27. The zero-order valence-electron chi connectivity index (χ0n) is 10.2. The van der Waals surface area contributed by atoms with Gasteiger partial charge in [0, 0.05) is 8.95 Å². The summed E-state index contributed by atoms with van der Waals surface area (Å²) in [6.07, 6.45) is 1.46. The second kappa shape index (κ2) is 6.13. The van der Waals surface area contributed by atoms with Crippen LogP contribution in [0.25, 0.3) is 0 Å². The number of hydrogen-bond acceptors (Lipinski definition) is 3. The Morgan fingerprint density at radius 1 is 1.15 bits per heavy atom. The molecule has 2 aromatic rings. The molecule has 0 saturated carbocycles. The average Bonchev–Trinajstić information content (AvgIpc) is 2.33. The summed E-state index contributed by atoms with van der Waals surface area (Å²) in [5, 5.41) is 0. The lowest BCUT2D eigenvalue weighted by Crippen LogP contribution is -2.14. The maximum absolute atomic E-state index is 12.3. The molecule has 1 N–H and O–H groups in total. The molecule has 0 spiro atoms. The minimum absolute atomic E-state index is 0.168. The van der Waals surface area contributed by atoms with Crippen molar-refractivity contribution in [3.63, 3.8) is 0 Å². The number of pyridine rings is 1. The van der Waals surface area contributed by atoms with Crippen molar-refractivity contribution in [2.24, 2.45) is 0 Å². The number of nitrogens with one attached hydrogen (secondary N) is 1. The van der Waals surface area contributed by atoms with E-state index >= 15 is 0 Å². The van der Waals surface area contributed by atoms with Crippen molar-refractivity contribution in [3.05, 3.63) is 49.6 Å². The Labute approximate surface area is 142 Å². The van der Waals surface area contributed by atoms with Crippen LogP contribution in [0.5, 0.6) is 0 Å². The topological polar surface area (TPSA) is 59.1 Å². The van der Waals surface area contributed by atoms with E-state index in [1.165, 1.54) is 12.3 Å². The van der Waals surface area contributed by atoms with Gasteiger partial charge in [-0.15, -0.1) is 0 Å². The van der Waals surface area contributed by atoms with E-state index in [-0.39, 0.29) is 4.90 Å². The van der Waals surface area contributed by atoms with E-state index in [1.807, 2.05) is 6.92 Å². The number of hydrogen-bond donors (Lipinski definition) is 1. The molecule has 1 aromatic carbocycles. The lowest BCUT2D eigenvalue weighted by atomic mass is 10.3. The third-order valence-corrected chi connectivity index (χ3v) is 6.13. The Bertz CT molecular complexity index is 763. The van der Waals surface area contributed by atoms with Crippen LogP contribution in [0.3, 0.4) is 0 Å². The molecule has 0 bridgehead atoms. The Balaban J connectivity index is 2.38. The molecule has 0 radical (unpaired) electrons. The fourth-order valence-electron chi connectivity index (χ4n) is 1.52. The van der Waals surface area contributed by atoms with Gasteiger partial charge in [-0.3, -0.25) is 4.72 Å². The van der Waals surface area contributed by atoms with Crippen LogP contribution >= 0.6 is 47.8 Å². The Hall–Kier alpha value is -0.440. The van der Waals surface area contributed by atoms with E-state index in [9.17, 15) is 8.42 Å². The largest absolute Gasteiger partial charge is 0.278 e. The van der Waals surface area contributed by atoms with Crippen LogP contribution in [-0.2, 0) is 10.0 Å². The van der Waals surface area contributed by atoms with Crippen molar-refractivity contribution in [2.75, 3.05) is 4.72 Å². The maximum atomic E-state index is 12.3. The predicted octanol–water partition coefficient (Wildman–Crippen LogP) is 4.48. The molecular weight excluding hydrogens is 476 g/mol. The van der Waals surface area contributed by atoms with E-state index in [0.717, 1.165) is 10.0 Å². The Morgan fingerprint density at radius 3 is 2.45 bits per heavy atom. The number of nitrogens with zero attached hydrogens (tertiary/aromatic N) is 1. The van der Waals surface area contributed by atoms with Crippen LogP contribution in [0.4, 0.5) is 5.69 Å². The van der Waals surface area contributed by atoms with Gasteiger partial charge in [-0.1, -0.05) is 15.9 Å². The summed E-state index contributed by atoms with van der Waals surface area (Å²) in [5.74, 6) is 0. The van der Waals surface area contributed by atoms with Crippen LogP contribution < -0.4 is 4.72 Å². The van der Waals surface area contributed by atoms with Gasteiger partial charge in [-0.2, -0.15) is 0 Å². The van der Waals surface area contributed by atoms with Crippen LogP contribution in [0.1, 0.15) is 5.56 Å². The maximum Gasteiger partial charge on any atom is 0.263 e. The third-order valence-electron chi connectivity index (χ3n) is 2.45. The normalized spacial score (nSPS) is 11.4. The van der Waals surface area contributed by atoms with E-state index in [2.05, 4.69) is 57.5 Å². The summed E-state index contributed by atoms with van der Waals surface area (Å²) < 4.78 is 29.1. The van der Waals surface area contributed by atoms with Gasteiger partial charge in [0.2, 0.25) is 0 Å². The standard InChI is InChI=1S/C12H9Br3N2O2S/c1-7-4-9(6-16-12(7)15)17-20(18,19)11-3-2-8(13)5-10(11)14/h2-6,17H,1H3. The summed E-state index contributed by atoms with van der Waals surface area (Å²) in [4.78, 5) is 4.23. The average molecular weight is 485 g/mol. The SMILES string of the molecule is Cc1cc(NS(=O)(=O)c2ccc(Br)cc2Br)cnc1Br. The summed E-state index contributed by atoms with van der Waals surface area (Å²) in [6, 6.07) is 6.58. The molecule has 0 atom stereocenters. The van der Waals surface area contributed by atoms with E-state index in [1.54, 1.807) is 18.2 Å². The molecule has 2 rings (SSSR count). The quantitative estimate of drug-likeness (QED) is 0.653. The van der Waals surface area contributed by atoms with Crippen molar-refractivity contribution >= 4 is 63.5 Å². The first-order valence-electron chi connectivity index (χ1n) is 5.39. The molecule has 1 aromatic heterocycles. The number of halogens is 3. The first-order valence-corrected chi connectivity index (χ1v) is 9.26. The molecule has 0 aliphatic rings. The fraction of sp³-hybridized carbons (Fsp3) is 0.0833. The molecule has 1 heterocycles. The van der Waals surface area contributed by atoms with Gasteiger partial charge in [-0.05, 0) is 68.6 Å². The minimum Gasteiger partial charge on any atom is -0.278 e. The van der Waals surface area contributed by atoms with Crippen molar-refractivity contribution in [1.82, 2.24) is 4.98 Å². The number of benzene rings is 1. The predicted molar refractivity (Wildman–Crippen MR) is 89.3 cm³/mol. The summed E-state index contributed by atoms with van der Waals surface area (Å²) >= 11 is 9.81. The summed E-state index contributed by atoms with van der Waals surface area (Å²) in [5.41, 5.74) is 1.26. The molecule has 0 fully saturated rings. The Morgan fingerprint density at radius 2 is 1.85 bits per heavy atom. The van der Waals surface area contributed by atoms with Crippen LogP contribution in [0.15, 0.2) is 48.9 Å². The molecule has 0 aliphatic carbocycles. The van der Waals surface area contributed by atoms with E-state index in [0.29, 0.717) is 14.8 Å². The second-order valence-corrected chi connectivity index (χ2v) is 8.18. The van der Waals surface area contributed by atoms with E-state index < -0.39 is 10.0 Å². The molecule has 0 unspecified atom stereocenters. The van der Waals surface area contributed by atoms with Crippen molar-refractivity contribution in [2.45, 2.75) is 11.8 Å². The monoisotopic (exact) mass is 482 g/mol. The molecule has 0 aliphatic heterocycles. The van der Waals surface area contributed by atoms with Gasteiger partial charge in [0.05, 0.1) is 11.9 Å². The molecule has 0 amide bonds. The first-order chi connectivity index (χ1) is 9.29. The van der Waals surface area contributed by atoms with Gasteiger partial charge in [0.1, 0.15) is 9.50 Å². The van der Waals surface area contributed by atoms with Crippen molar-refractivity contribution in [1.29, 1.82) is 0 Å². The summed E-state index contributed by atoms with van der Waals surface area (Å²) in [6.45, 7) is 1.84. The third kappa shape index (κ3) is 3.60. The highest BCUT2D eigenvalue weighted by atomic mass is 79.9. The number of sulfonamides is 1. The van der Waals surface area contributed by atoms with Crippen molar-refractivity contribution < 1.29 is 8.42 Å². The molecule has 20 heavy (non-hydrogen) atoms. The van der Waals surface area contributed by atoms with E-state index in [4.69, 9.17) is 0 Å². The highest BCUT2D eigenvalue weighted by Gasteiger charge is 2.18. The molecule has 0 saturated heterocycles. The minimum atomic E-state index is -3.66. The lowest BCUT2D eigenvalue weighted by molar-refractivity contribution is 0.600. The van der Waals surface area contributed by atoms with Gasteiger partial charge in [0.25, 0.3) is 10.0 Å². The van der Waals surface area contributed by atoms with Crippen LogP contribution in [-0.4, -0.2) is 13.4 Å². The fourth-order valence-corrected chi connectivity index (χ4v) is 4.52. The Kier molecular flexibility index (Phi) is 4.88. The molecular formula is C12H9Br3N2O2S. The van der Waals surface area contributed by atoms with Gasteiger partial charge in [0.15, 0.2) is 0 Å². The zero-order valence-corrected chi connectivity index (χ0v) is 15.8. The molecule has 8 heteroatoms. The molecule has 106 valence electrons. The van der Waals surface area contributed by atoms with Crippen molar-refractivity contribution in [3.8, 4) is 0 Å². The second-order valence-electron chi connectivity index (χ2n) is 4.01. The number of aromatic nitrogens is 1. The lowest BCUT2D eigenvalue weighted by Gasteiger charge is -2.10. The first kappa shape index (κ1) is 15.9. The van der Waals surface area contributed by atoms with Gasteiger partial charge < -0.3 is 0 Å². The number of anilines is 1. The number of rotatable bonds is 3. The van der Waals surface area contributed by atoms with Crippen LogP contribution in [0, 0.1) is 6.92 Å². The summed E-state index contributed by atoms with van der Waals surface area (Å²) in [7, 11) is -3.66. The zero-order chi connectivity index (χ0) is 14.9. The number of aryl methyl sites for hydroxylation is 1. The van der Waals surface area contributed by atoms with Gasteiger partial charge >= 0.3 is 0 Å². The van der Waals surface area contributed by atoms with Gasteiger partial charge in [-0.25, -0.2) is 13.4 Å². The highest BCUT2D eigenvalue weighted by molar-refractivity contribution is 9.11. The van der Waals surface area contributed by atoms with Crippen LogP contribution in [0.2, 0.25) is 0 Å². The molecule has 4 nitrogen and oxygen atoms in total. The smallest absolute Gasteiger partial charge is 0.263 e.